The van der Waals surface area contributed by atoms with E-state index in [9.17, 15) is 4.79 Å². The Balaban J connectivity index is 1.66. The largest absolute Gasteiger partial charge is 0.364 e. The Labute approximate surface area is 173 Å². The summed E-state index contributed by atoms with van der Waals surface area (Å²) in [6, 6.07) is 8.70. The molecule has 28 heavy (non-hydrogen) atoms. The fraction of sp³-hybridized carbons (Fsp3) is 0.0556. The summed E-state index contributed by atoms with van der Waals surface area (Å²) in [4.78, 5) is 28.3. The van der Waals surface area contributed by atoms with Crippen molar-refractivity contribution in [2.24, 2.45) is 5.73 Å². The third kappa shape index (κ3) is 3.62. The summed E-state index contributed by atoms with van der Waals surface area (Å²) in [5.41, 5.74) is 7.49. The van der Waals surface area contributed by atoms with Gasteiger partial charge in [0.25, 0.3) is 5.91 Å². The number of carbonyl (C=O) groups excluding carboxylic acids is 1. The molecule has 0 spiro atoms. The molecule has 1 aromatic carbocycles. The van der Waals surface area contributed by atoms with Crippen LogP contribution >= 0.6 is 34.5 Å². The Bertz CT molecular complexity index is 1180. The van der Waals surface area contributed by atoms with E-state index in [-0.39, 0.29) is 5.69 Å². The van der Waals surface area contributed by atoms with Crippen molar-refractivity contribution >= 4 is 56.5 Å². The molecule has 0 aliphatic carbocycles. The zero-order chi connectivity index (χ0) is 19.7. The van der Waals surface area contributed by atoms with E-state index >= 15 is 0 Å². The Morgan fingerprint density at radius 1 is 1.14 bits per heavy atom. The third-order valence-corrected chi connectivity index (χ3v) is 5.62. The number of rotatable bonds is 5. The number of amides is 1. The number of thiazole rings is 1. The highest BCUT2D eigenvalue weighted by molar-refractivity contribution is 7.22. The van der Waals surface area contributed by atoms with Crippen LogP contribution in [-0.4, -0.2) is 25.8 Å². The molecular formula is C18H12Cl2N6OS. The number of pyridine rings is 1. The van der Waals surface area contributed by atoms with Crippen LogP contribution in [0.25, 0.3) is 20.8 Å². The molecule has 0 saturated heterocycles. The van der Waals surface area contributed by atoms with Crippen molar-refractivity contribution in [1.82, 2.24) is 19.9 Å². The second-order valence-corrected chi connectivity index (χ2v) is 7.55. The van der Waals surface area contributed by atoms with Crippen molar-refractivity contribution < 1.29 is 4.79 Å². The second-order valence-electron chi connectivity index (χ2n) is 5.74. The van der Waals surface area contributed by atoms with Crippen molar-refractivity contribution in [3.63, 3.8) is 0 Å². The lowest BCUT2D eigenvalue weighted by Crippen LogP contribution is -2.14. The highest BCUT2D eigenvalue weighted by Gasteiger charge is 2.16. The number of anilines is 1. The molecule has 10 heteroatoms. The average Bonchev–Trinajstić information content (AvgIpc) is 3.10. The Hall–Kier alpha value is -2.81. The van der Waals surface area contributed by atoms with Crippen LogP contribution in [0.2, 0.25) is 10.0 Å². The van der Waals surface area contributed by atoms with E-state index in [0.717, 1.165) is 10.2 Å². The quantitative estimate of drug-likeness (QED) is 0.491. The first kappa shape index (κ1) is 18.5. The maximum absolute atomic E-state index is 11.3. The number of hydrogen-bond acceptors (Lipinski definition) is 7. The van der Waals surface area contributed by atoms with Gasteiger partial charge in [-0.1, -0.05) is 29.3 Å². The van der Waals surface area contributed by atoms with E-state index in [2.05, 4.69) is 25.3 Å². The number of aromatic nitrogens is 4. The Morgan fingerprint density at radius 3 is 2.68 bits per heavy atom. The number of nitrogens with two attached hydrogens (primary N) is 1. The Kier molecular flexibility index (Phi) is 5.08. The summed E-state index contributed by atoms with van der Waals surface area (Å²) in [7, 11) is 0. The maximum Gasteiger partial charge on any atom is 0.267 e. The summed E-state index contributed by atoms with van der Waals surface area (Å²) in [6.07, 6.45) is 2.96. The van der Waals surface area contributed by atoms with Crippen molar-refractivity contribution in [3.05, 3.63) is 64.3 Å². The molecule has 0 aliphatic rings. The minimum atomic E-state index is -0.604. The molecule has 0 atom stereocenters. The van der Waals surface area contributed by atoms with Crippen molar-refractivity contribution in [3.8, 4) is 10.6 Å². The normalized spacial score (nSPS) is 10.9. The van der Waals surface area contributed by atoms with E-state index in [4.69, 9.17) is 28.9 Å². The molecule has 0 bridgehead atoms. The van der Waals surface area contributed by atoms with Crippen LogP contribution < -0.4 is 11.1 Å². The molecule has 4 aromatic rings. The number of carbonyl (C=O) groups is 1. The smallest absolute Gasteiger partial charge is 0.267 e. The highest BCUT2D eigenvalue weighted by Crippen LogP contribution is 2.40. The van der Waals surface area contributed by atoms with Crippen LogP contribution in [0.5, 0.6) is 0 Å². The van der Waals surface area contributed by atoms with E-state index in [1.807, 2.05) is 6.07 Å². The maximum atomic E-state index is 11.3. The predicted octanol–water partition coefficient (Wildman–Crippen LogP) is 4.17. The van der Waals surface area contributed by atoms with Gasteiger partial charge in [-0.2, -0.15) is 0 Å². The molecule has 0 fully saturated rings. The average molecular weight is 431 g/mol. The first-order valence-corrected chi connectivity index (χ1v) is 9.64. The molecule has 1 amide bonds. The summed E-state index contributed by atoms with van der Waals surface area (Å²) >= 11 is 14.1. The van der Waals surface area contributed by atoms with Gasteiger partial charge in [0.2, 0.25) is 0 Å². The van der Waals surface area contributed by atoms with Gasteiger partial charge in [0.15, 0.2) is 0 Å². The minimum Gasteiger partial charge on any atom is -0.364 e. The predicted molar refractivity (Wildman–Crippen MR) is 111 cm³/mol. The third-order valence-electron chi connectivity index (χ3n) is 3.89. The van der Waals surface area contributed by atoms with E-state index in [1.165, 1.54) is 23.7 Å². The first-order chi connectivity index (χ1) is 13.5. The summed E-state index contributed by atoms with van der Waals surface area (Å²) in [5.74, 6) is 0.0382. The fourth-order valence-corrected chi connectivity index (χ4v) is 4.38. The standard InChI is InChI=1S/C18H12Cl2N6OS/c19-10-2-1-3-11(20)14(10)18-26-12-4-5-22-17(15(12)28-18)23-7-9-6-13(16(21)27)25-8-24-9/h1-6,8H,7H2,(H2,21,27)(H,22,23). The second kappa shape index (κ2) is 7.67. The fourth-order valence-electron chi connectivity index (χ4n) is 2.59. The minimum absolute atomic E-state index is 0.159. The molecule has 4 rings (SSSR count). The SMILES string of the molecule is NC(=O)c1cc(CNc2nccc3nc(-c4c(Cl)cccc4Cl)sc23)ncn1. The van der Waals surface area contributed by atoms with Crippen molar-refractivity contribution in [2.45, 2.75) is 6.54 Å². The number of benzene rings is 1. The molecule has 0 saturated carbocycles. The molecule has 0 aliphatic heterocycles. The number of hydrogen-bond donors (Lipinski definition) is 2. The molecule has 0 unspecified atom stereocenters. The van der Waals surface area contributed by atoms with Gasteiger partial charge in [0.1, 0.15) is 22.8 Å². The van der Waals surface area contributed by atoms with Crippen LogP contribution in [0.4, 0.5) is 5.82 Å². The Morgan fingerprint density at radius 2 is 1.93 bits per heavy atom. The van der Waals surface area contributed by atoms with E-state index in [0.29, 0.717) is 38.7 Å². The van der Waals surface area contributed by atoms with Gasteiger partial charge in [0.05, 0.1) is 32.5 Å². The molecular weight excluding hydrogens is 419 g/mol. The number of primary amides is 1. The number of fused-ring (bicyclic) bond motifs is 1. The van der Waals surface area contributed by atoms with Crippen molar-refractivity contribution in [1.29, 1.82) is 0 Å². The van der Waals surface area contributed by atoms with Gasteiger partial charge in [-0.05, 0) is 24.3 Å². The summed E-state index contributed by atoms with van der Waals surface area (Å²) < 4.78 is 0.859. The van der Waals surface area contributed by atoms with Gasteiger partial charge in [-0.25, -0.2) is 19.9 Å². The zero-order valence-electron chi connectivity index (χ0n) is 14.2. The molecule has 7 nitrogen and oxygen atoms in total. The highest BCUT2D eigenvalue weighted by atomic mass is 35.5. The van der Waals surface area contributed by atoms with Crippen LogP contribution in [-0.2, 0) is 6.54 Å². The lowest BCUT2D eigenvalue weighted by atomic mass is 10.2. The van der Waals surface area contributed by atoms with Crippen LogP contribution in [0.3, 0.4) is 0 Å². The number of nitrogens with zero attached hydrogens (tertiary/aromatic N) is 4. The number of halogens is 2. The van der Waals surface area contributed by atoms with E-state index < -0.39 is 5.91 Å². The topological polar surface area (TPSA) is 107 Å². The summed E-state index contributed by atoms with van der Waals surface area (Å²) in [5, 5.41) is 5.00. The first-order valence-electron chi connectivity index (χ1n) is 8.07. The van der Waals surface area contributed by atoms with Gasteiger partial charge in [-0.3, -0.25) is 4.79 Å². The van der Waals surface area contributed by atoms with Gasteiger partial charge < -0.3 is 11.1 Å². The monoisotopic (exact) mass is 430 g/mol. The van der Waals surface area contributed by atoms with Crippen LogP contribution in [0.1, 0.15) is 16.2 Å². The lowest BCUT2D eigenvalue weighted by Gasteiger charge is -2.06. The zero-order valence-corrected chi connectivity index (χ0v) is 16.5. The molecule has 140 valence electrons. The molecule has 3 aromatic heterocycles. The summed E-state index contributed by atoms with van der Waals surface area (Å²) in [6.45, 7) is 0.342. The molecule has 0 radical (unpaired) electrons. The van der Waals surface area contributed by atoms with Crippen molar-refractivity contribution in [2.75, 3.05) is 5.32 Å². The van der Waals surface area contributed by atoms with E-state index in [1.54, 1.807) is 24.4 Å². The van der Waals surface area contributed by atoms with Gasteiger partial charge in [-0.15, -0.1) is 11.3 Å². The van der Waals surface area contributed by atoms with Crippen LogP contribution in [0, 0.1) is 0 Å². The lowest BCUT2D eigenvalue weighted by molar-refractivity contribution is 0.0995. The molecule has 3 N–H and O–H groups in total. The number of nitrogens with one attached hydrogen (secondary N) is 1. The molecule has 3 heterocycles. The van der Waals surface area contributed by atoms with Gasteiger partial charge >= 0.3 is 0 Å². The van der Waals surface area contributed by atoms with Gasteiger partial charge in [0, 0.05) is 11.8 Å². The van der Waals surface area contributed by atoms with Crippen LogP contribution in [0.15, 0.2) is 42.9 Å².